The van der Waals surface area contributed by atoms with Crippen molar-refractivity contribution in [3.05, 3.63) is 36.5 Å². The summed E-state index contributed by atoms with van der Waals surface area (Å²) in [6.07, 6.45) is 7.64. The number of aliphatic hydroxyl groups excluding tert-OH is 1. The number of ether oxygens (including phenoxy) is 1. The van der Waals surface area contributed by atoms with Crippen LogP contribution in [0.4, 0.5) is 0 Å². The second kappa shape index (κ2) is 6.15. The van der Waals surface area contributed by atoms with Gasteiger partial charge in [-0.2, -0.15) is 0 Å². The van der Waals surface area contributed by atoms with Gasteiger partial charge in [0.05, 0.1) is 5.92 Å². The molecule has 1 saturated heterocycles. The van der Waals surface area contributed by atoms with Gasteiger partial charge in [-0.3, -0.25) is 9.59 Å². The predicted molar refractivity (Wildman–Crippen MR) is 63.2 cm³/mol. The Morgan fingerprint density at radius 2 is 2.06 bits per heavy atom. The van der Waals surface area contributed by atoms with Gasteiger partial charge in [0.15, 0.2) is 5.78 Å². The van der Waals surface area contributed by atoms with Crippen LogP contribution in [0.5, 0.6) is 0 Å². The Labute approximate surface area is 100 Å². The van der Waals surface area contributed by atoms with Gasteiger partial charge < -0.3 is 9.84 Å². The fourth-order valence-electron chi connectivity index (χ4n) is 1.39. The average Bonchev–Trinajstić information content (AvgIpc) is 2.54. The summed E-state index contributed by atoms with van der Waals surface area (Å²) in [6.45, 7) is 3.44. The van der Waals surface area contributed by atoms with Crippen LogP contribution in [-0.4, -0.2) is 29.1 Å². The first-order chi connectivity index (χ1) is 8.06. The molecule has 1 N–H and O–H groups in total. The lowest BCUT2D eigenvalue weighted by Gasteiger charge is -2.08. The van der Waals surface area contributed by atoms with Crippen LogP contribution in [0.25, 0.3) is 0 Å². The van der Waals surface area contributed by atoms with Gasteiger partial charge in [-0.1, -0.05) is 18.2 Å². The number of esters is 1. The van der Waals surface area contributed by atoms with E-state index in [0.717, 1.165) is 0 Å². The molecule has 0 radical (unpaired) electrons. The van der Waals surface area contributed by atoms with Crippen LogP contribution in [0.2, 0.25) is 0 Å². The van der Waals surface area contributed by atoms with Crippen molar-refractivity contribution in [1.82, 2.24) is 0 Å². The molecule has 1 aliphatic heterocycles. The first-order valence-corrected chi connectivity index (χ1v) is 5.46. The number of rotatable bonds is 4. The number of carbonyl (C=O) groups excluding carboxylic acids is 2. The summed E-state index contributed by atoms with van der Waals surface area (Å²) in [7, 11) is 0. The molecule has 92 valence electrons. The molecule has 0 aromatic rings. The first-order valence-electron chi connectivity index (χ1n) is 5.46. The van der Waals surface area contributed by atoms with E-state index in [1.807, 2.05) is 6.92 Å². The number of hydrogen-bond acceptors (Lipinski definition) is 4. The van der Waals surface area contributed by atoms with Crippen molar-refractivity contribution in [3.8, 4) is 0 Å². The normalized spacial score (nSPS) is 29.6. The number of cyclic esters (lactones) is 1. The Morgan fingerprint density at radius 1 is 1.35 bits per heavy atom. The van der Waals surface area contributed by atoms with Crippen molar-refractivity contribution in [1.29, 1.82) is 0 Å². The third-order valence-electron chi connectivity index (χ3n) is 2.49. The highest BCUT2D eigenvalue weighted by Crippen LogP contribution is 2.22. The minimum absolute atomic E-state index is 0.217. The maximum Gasteiger partial charge on any atom is 0.312 e. The highest BCUT2D eigenvalue weighted by Gasteiger charge is 2.39. The van der Waals surface area contributed by atoms with E-state index in [4.69, 9.17) is 4.74 Å². The zero-order valence-corrected chi connectivity index (χ0v) is 9.87. The molecule has 4 heteroatoms. The largest absolute Gasteiger partial charge is 0.455 e. The standard InChI is InChI=1S/C13H16O4/c1-3-4-5-6-10(14)7-8-11-12(15)9(2)13(16)17-11/h3-9,11-12,15H,1-2H3. The van der Waals surface area contributed by atoms with Crippen molar-refractivity contribution in [2.75, 3.05) is 0 Å². The molecule has 1 rings (SSSR count). The molecule has 3 unspecified atom stereocenters. The highest BCUT2D eigenvalue weighted by atomic mass is 16.6. The second-order valence-electron chi connectivity index (χ2n) is 3.83. The quantitative estimate of drug-likeness (QED) is 0.452. The molecule has 4 nitrogen and oxygen atoms in total. The van der Waals surface area contributed by atoms with Gasteiger partial charge in [-0.25, -0.2) is 0 Å². The molecule has 1 aliphatic rings. The molecule has 0 bridgehead atoms. The average molecular weight is 236 g/mol. The van der Waals surface area contributed by atoms with Crippen molar-refractivity contribution >= 4 is 11.8 Å². The molecule has 0 aromatic carbocycles. The Hall–Kier alpha value is -1.68. The Kier molecular flexibility index (Phi) is 4.84. The van der Waals surface area contributed by atoms with E-state index in [1.54, 1.807) is 25.2 Å². The molecule has 3 atom stereocenters. The van der Waals surface area contributed by atoms with Crippen molar-refractivity contribution in [3.63, 3.8) is 0 Å². The van der Waals surface area contributed by atoms with E-state index in [1.165, 1.54) is 18.2 Å². The Balaban J connectivity index is 2.55. The SMILES string of the molecule is CC=CC=CC(=O)C=CC1OC(=O)C(C)C1O. The van der Waals surface area contributed by atoms with Crippen LogP contribution in [0.3, 0.4) is 0 Å². The van der Waals surface area contributed by atoms with E-state index in [9.17, 15) is 14.7 Å². The maximum atomic E-state index is 11.3. The van der Waals surface area contributed by atoms with E-state index >= 15 is 0 Å². The number of carbonyl (C=O) groups is 2. The minimum atomic E-state index is -0.883. The molecule has 1 heterocycles. The van der Waals surface area contributed by atoms with E-state index in [-0.39, 0.29) is 5.78 Å². The summed E-state index contributed by atoms with van der Waals surface area (Å²) in [5, 5.41) is 9.62. The number of allylic oxidation sites excluding steroid dienone is 5. The molecular formula is C13H16O4. The summed E-state index contributed by atoms with van der Waals surface area (Å²) in [6, 6.07) is 0. The first kappa shape index (κ1) is 13.4. The van der Waals surface area contributed by atoms with Crippen LogP contribution >= 0.6 is 0 Å². The topological polar surface area (TPSA) is 63.6 Å². The lowest BCUT2D eigenvalue weighted by Crippen LogP contribution is -2.23. The van der Waals surface area contributed by atoms with Gasteiger partial charge in [0, 0.05) is 0 Å². The van der Waals surface area contributed by atoms with Crippen LogP contribution < -0.4 is 0 Å². The highest BCUT2D eigenvalue weighted by molar-refractivity contribution is 5.99. The number of aliphatic hydroxyl groups is 1. The minimum Gasteiger partial charge on any atom is -0.455 e. The van der Waals surface area contributed by atoms with Gasteiger partial charge in [0.1, 0.15) is 12.2 Å². The Bertz CT molecular complexity index is 379. The summed E-state index contributed by atoms with van der Waals surface area (Å²) in [5.74, 6) is -1.20. The fourth-order valence-corrected chi connectivity index (χ4v) is 1.39. The molecular weight excluding hydrogens is 220 g/mol. The molecule has 17 heavy (non-hydrogen) atoms. The molecule has 0 aliphatic carbocycles. The van der Waals surface area contributed by atoms with Crippen molar-refractivity contribution in [2.24, 2.45) is 5.92 Å². The van der Waals surface area contributed by atoms with E-state index in [2.05, 4.69) is 0 Å². The molecule has 0 spiro atoms. The maximum absolute atomic E-state index is 11.3. The van der Waals surface area contributed by atoms with Crippen LogP contribution in [0.1, 0.15) is 13.8 Å². The fraction of sp³-hybridized carbons (Fsp3) is 0.385. The molecule has 0 amide bonds. The molecule has 0 saturated carbocycles. The van der Waals surface area contributed by atoms with Crippen LogP contribution in [0.15, 0.2) is 36.5 Å². The molecule has 1 fully saturated rings. The zero-order chi connectivity index (χ0) is 12.8. The van der Waals surface area contributed by atoms with Gasteiger partial charge in [-0.05, 0) is 32.1 Å². The summed E-state index contributed by atoms with van der Waals surface area (Å²) < 4.78 is 4.90. The van der Waals surface area contributed by atoms with Gasteiger partial charge in [0.2, 0.25) is 0 Å². The van der Waals surface area contributed by atoms with Gasteiger partial charge in [0.25, 0.3) is 0 Å². The summed E-state index contributed by atoms with van der Waals surface area (Å²) in [4.78, 5) is 22.4. The third-order valence-corrected chi connectivity index (χ3v) is 2.49. The predicted octanol–water partition coefficient (Wildman–Crippen LogP) is 1.17. The number of ketones is 1. The van der Waals surface area contributed by atoms with Crippen molar-refractivity contribution in [2.45, 2.75) is 26.1 Å². The van der Waals surface area contributed by atoms with Gasteiger partial charge in [-0.15, -0.1) is 0 Å². The summed E-state index contributed by atoms with van der Waals surface area (Å²) >= 11 is 0. The van der Waals surface area contributed by atoms with E-state index in [0.29, 0.717) is 0 Å². The van der Waals surface area contributed by atoms with Crippen LogP contribution in [0, 0.1) is 5.92 Å². The summed E-state index contributed by atoms with van der Waals surface area (Å²) in [5.41, 5.74) is 0. The lowest BCUT2D eigenvalue weighted by molar-refractivity contribution is -0.142. The lowest BCUT2D eigenvalue weighted by atomic mass is 10.0. The molecule has 0 aromatic heterocycles. The monoisotopic (exact) mass is 236 g/mol. The van der Waals surface area contributed by atoms with Crippen LogP contribution in [-0.2, 0) is 14.3 Å². The zero-order valence-electron chi connectivity index (χ0n) is 9.87. The third kappa shape index (κ3) is 3.67. The van der Waals surface area contributed by atoms with Crippen molar-refractivity contribution < 1.29 is 19.4 Å². The van der Waals surface area contributed by atoms with E-state index < -0.39 is 24.1 Å². The smallest absolute Gasteiger partial charge is 0.312 e. The number of hydrogen-bond donors (Lipinski definition) is 1. The Morgan fingerprint density at radius 3 is 2.59 bits per heavy atom. The van der Waals surface area contributed by atoms with Gasteiger partial charge >= 0.3 is 5.97 Å². The second-order valence-corrected chi connectivity index (χ2v) is 3.83.